The number of fused-ring (bicyclic) bond motifs is 3. The van der Waals surface area contributed by atoms with Gasteiger partial charge in [0.1, 0.15) is 11.2 Å². The van der Waals surface area contributed by atoms with Crippen LogP contribution >= 0.6 is 0 Å². The van der Waals surface area contributed by atoms with E-state index in [0.717, 1.165) is 33.1 Å². The largest absolute Gasteiger partial charge is 0.456 e. The topological polar surface area (TPSA) is 13.1 Å². The molecule has 0 spiro atoms. The Labute approximate surface area is 129 Å². The molecule has 0 unspecified atom stereocenters. The number of rotatable bonds is 2. The van der Waals surface area contributed by atoms with E-state index in [1.807, 2.05) is 24.3 Å². The van der Waals surface area contributed by atoms with Crippen LogP contribution in [-0.2, 0) is 0 Å². The van der Waals surface area contributed by atoms with Gasteiger partial charge in [-0.2, -0.15) is 0 Å². The number of furan rings is 1. The molecule has 0 N–H and O–H groups in total. The number of hydrogen-bond donors (Lipinski definition) is 0. The first-order chi connectivity index (χ1) is 10.7. The second-order valence-corrected chi connectivity index (χ2v) is 5.60. The lowest BCUT2D eigenvalue weighted by atomic mass is 9.95. The summed E-state index contributed by atoms with van der Waals surface area (Å²) < 4.78 is 5.89. The van der Waals surface area contributed by atoms with E-state index in [4.69, 9.17) is 4.42 Å². The maximum atomic E-state index is 5.89. The lowest BCUT2D eigenvalue weighted by molar-refractivity contribution is 0.669. The van der Waals surface area contributed by atoms with Crippen LogP contribution in [0.5, 0.6) is 0 Å². The molecule has 106 valence electrons. The van der Waals surface area contributed by atoms with E-state index in [2.05, 4.69) is 56.0 Å². The number of hydrogen-bond acceptors (Lipinski definition) is 1. The van der Waals surface area contributed by atoms with Gasteiger partial charge >= 0.3 is 0 Å². The molecule has 0 saturated heterocycles. The molecule has 4 aromatic rings. The van der Waals surface area contributed by atoms with Crippen LogP contribution in [0.3, 0.4) is 0 Å². The van der Waals surface area contributed by atoms with E-state index in [9.17, 15) is 0 Å². The van der Waals surface area contributed by atoms with Crippen molar-refractivity contribution in [1.82, 2.24) is 0 Å². The van der Waals surface area contributed by atoms with Crippen LogP contribution in [0.15, 0.2) is 77.7 Å². The van der Waals surface area contributed by atoms with Crippen LogP contribution in [0.25, 0.3) is 27.5 Å². The third-order valence-corrected chi connectivity index (χ3v) is 4.20. The highest BCUT2D eigenvalue weighted by atomic mass is 16.3. The van der Waals surface area contributed by atoms with Crippen molar-refractivity contribution in [3.63, 3.8) is 0 Å². The highest BCUT2D eigenvalue weighted by Gasteiger charge is 2.10. The molecule has 0 atom stereocenters. The lowest BCUT2D eigenvalue weighted by Gasteiger charge is -2.09. The van der Waals surface area contributed by atoms with Gasteiger partial charge in [0, 0.05) is 10.8 Å². The van der Waals surface area contributed by atoms with Gasteiger partial charge in [-0.1, -0.05) is 55.1 Å². The van der Waals surface area contributed by atoms with E-state index in [1.54, 1.807) is 0 Å². The third-order valence-electron chi connectivity index (χ3n) is 4.20. The van der Waals surface area contributed by atoms with Gasteiger partial charge < -0.3 is 4.42 Å². The van der Waals surface area contributed by atoms with Crippen molar-refractivity contribution in [2.24, 2.45) is 0 Å². The van der Waals surface area contributed by atoms with Gasteiger partial charge in [0.2, 0.25) is 0 Å². The van der Waals surface area contributed by atoms with Gasteiger partial charge in [0.25, 0.3) is 0 Å². The van der Waals surface area contributed by atoms with Gasteiger partial charge in [0.05, 0.1) is 0 Å². The van der Waals surface area contributed by atoms with Crippen LogP contribution in [0.1, 0.15) is 16.7 Å². The summed E-state index contributed by atoms with van der Waals surface area (Å²) in [4.78, 5) is 0. The smallest absolute Gasteiger partial charge is 0.135 e. The molecular weight excluding hydrogens is 268 g/mol. The maximum Gasteiger partial charge on any atom is 0.135 e. The van der Waals surface area contributed by atoms with Crippen molar-refractivity contribution >= 4 is 27.5 Å². The highest BCUT2D eigenvalue weighted by molar-refractivity contribution is 6.06. The van der Waals surface area contributed by atoms with Crippen LogP contribution in [0, 0.1) is 6.92 Å². The van der Waals surface area contributed by atoms with E-state index in [-0.39, 0.29) is 0 Å². The average molecular weight is 284 g/mol. The van der Waals surface area contributed by atoms with Gasteiger partial charge in [-0.3, -0.25) is 0 Å². The second-order valence-electron chi connectivity index (χ2n) is 5.60. The van der Waals surface area contributed by atoms with Crippen molar-refractivity contribution in [3.8, 4) is 0 Å². The third kappa shape index (κ3) is 1.94. The van der Waals surface area contributed by atoms with Crippen molar-refractivity contribution in [2.75, 3.05) is 0 Å². The zero-order valence-electron chi connectivity index (χ0n) is 12.5. The first kappa shape index (κ1) is 12.9. The SMILES string of the molecule is C=C(c1ccc2oc3ccccc3c2c1)c1ccccc1C. The Morgan fingerprint density at radius 2 is 1.55 bits per heavy atom. The molecule has 3 aromatic carbocycles. The van der Waals surface area contributed by atoms with Crippen molar-refractivity contribution in [3.05, 3.63) is 90.0 Å². The fourth-order valence-corrected chi connectivity index (χ4v) is 2.98. The molecule has 0 amide bonds. The van der Waals surface area contributed by atoms with E-state index in [0.29, 0.717) is 0 Å². The molecule has 1 nitrogen and oxygen atoms in total. The Kier molecular flexibility index (Phi) is 2.87. The highest BCUT2D eigenvalue weighted by Crippen LogP contribution is 2.32. The molecular formula is C21H16O. The molecule has 0 bridgehead atoms. The monoisotopic (exact) mass is 284 g/mol. The normalized spacial score (nSPS) is 11.1. The van der Waals surface area contributed by atoms with Gasteiger partial charge in [-0.15, -0.1) is 0 Å². The summed E-state index contributed by atoms with van der Waals surface area (Å²) in [5, 5.41) is 2.29. The second kappa shape index (κ2) is 4.88. The zero-order valence-corrected chi connectivity index (χ0v) is 12.5. The van der Waals surface area contributed by atoms with Gasteiger partial charge in [-0.05, 0) is 47.4 Å². The summed E-state index contributed by atoms with van der Waals surface area (Å²) in [7, 11) is 0. The molecule has 22 heavy (non-hydrogen) atoms. The fraction of sp³-hybridized carbons (Fsp3) is 0.0476. The summed E-state index contributed by atoms with van der Waals surface area (Å²) >= 11 is 0. The molecule has 1 heteroatoms. The number of benzene rings is 3. The van der Waals surface area contributed by atoms with E-state index < -0.39 is 0 Å². The van der Waals surface area contributed by atoms with Crippen molar-refractivity contribution in [2.45, 2.75) is 6.92 Å². The van der Waals surface area contributed by atoms with Crippen LogP contribution in [-0.4, -0.2) is 0 Å². The molecule has 4 rings (SSSR count). The molecule has 0 fully saturated rings. The zero-order chi connectivity index (χ0) is 15.1. The maximum absolute atomic E-state index is 5.89. The van der Waals surface area contributed by atoms with Crippen LogP contribution in [0.2, 0.25) is 0 Å². The first-order valence-corrected chi connectivity index (χ1v) is 7.40. The molecule has 0 saturated carbocycles. The molecule has 0 aliphatic rings. The number of para-hydroxylation sites is 1. The van der Waals surface area contributed by atoms with Crippen molar-refractivity contribution < 1.29 is 4.42 Å². The van der Waals surface area contributed by atoms with Crippen LogP contribution < -0.4 is 0 Å². The summed E-state index contributed by atoms with van der Waals surface area (Å²) in [5.41, 5.74) is 6.46. The van der Waals surface area contributed by atoms with E-state index in [1.165, 1.54) is 11.1 Å². The summed E-state index contributed by atoms with van der Waals surface area (Å²) in [6, 6.07) is 22.8. The Hall–Kier alpha value is -2.80. The molecule has 0 radical (unpaired) electrons. The minimum Gasteiger partial charge on any atom is -0.456 e. The molecule has 0 aliphatic carbocycles. The van der Waals surface area contributed by atoms with E-state index >= 15 is 0 Å². The summed E-state index contributed by atoms with van der Waals surface area (Å²) in [6.45, 7) is 6.41. The Morgan fingerprint density at radius 1 is 0.818 bits per heavy atom. The summed E-state index contributed by atoms with van der Waals surface area (Å²) in [5.74, 6) is 0. The fourth-order valence-electron chi connectivity index (χ4n) is 2.98. The lowest BCUT2D eigenvalue weighted by Crippen LogP contribution is -1.89. The van der Waals surface area contributed by atoms with Gasteiger partial charge in [-0.25, -0.2) is 0 Å². The Morgan fingerprint density at radius 3 is 2.41 bits per heavy atom. The molecule has 0 aliphatic heterocycles. The average Bonchev–Trinajstić information content (AvgIpc) is 2.92. The molecule has 1 aromatic heterocycles. The standard InChI is InChI=1S/C21H16O/c1-14-7-3-4-8-17(14)15(2)16-11-12-21-19(13-16)18-9-5-6-10-20(18)22-21/h3-13H,2H2,1H3. The number of aryl methyl sites for hydroxylation is 1. The van der Waals surface area contributed by atoms with Gasteiger partial charge in [0.15, 0.2) is 0 Å². The first-order valence-electron chi connectivity index (χ1n) is 7.40. The minimum absolute atomic E-state index is 0.919. The predicted octanol–water partition coefficient (Wildman–Crippen LogP) is 5.96. The Balaban J connectivity index is 1.91. The van der Waals surface area contributed by atoms with Crippen molar-refractivity contribution in [1.29, 1.82) is 0 Å². The minimum atomic E-state index is 0.919. The molecule has 1 heterocycles. The predicted molar refractivity (Wildman–Crippen MR) is 93.0 cm³/mol. The quantitative estimate of drug-likeness (QED) is 0.443. The summed E-state index contributed by atoms with van der Waals surface area (Å²) in [6.07, 6.45) is 0. The van der Waals surface area contributed by atoms with Crippen LogP contribution in [0.4, 0.5) is 0 Å². The Bertz CT molecular complexity index is 1000.